The van der Waals surface area contributed by atoms with Gasteiger partial charge in [0.25, 0.3) is 0 Å². The van der Waals surface area contributed by atoms with Crippen LogP contribution < -0.4 is 10.2 Å². The third-order valence-corrected chi connectivity index (χ3v) is 3.69. The molecule has 2 saturated heterocycles. The summed E-state index contributed by atoms with van der Waals surface area (Å²) in [7, 11) is 0. The Morgan fingerprint density at radius 2 is 2.21 bits per heavy atom. The number of halogens is 1. The van der Waals surface area contributed by atoms with E-state index >= 15 is 0 Å². The largest absolute Gasteiger partial charge is 0.367 e. The molecule has 19 heavy (non-hydrogen) atoms. The molecule has 2 amide bonds. The second-order valence-corrected chi connectivity index (χ2v) is 4.80. The first-order chi connectivity index (χ1) is 9.19. The molecule has 2 aliphatic rings. The topological polar surface area (TPSA) is 52.7 Å². The van der Waals surface area contributed by atoms with Crippen molar-refractivity contribution in [1.82, 2.24) is 10.2 Å². The predicted octanol–water partition coefficient (Wildman–Crippen LogP) is 0.852. The molecule has 0 bridgehead atoms. The molecule has 1 atom stereocenters. The van der Waals surface area contributed by atoms with Crippen molar-refractivity contribution in [2.24, 2.45) is 0 Å². The van der Waals surface area contributed by atoms with Gasteiger partial charge in [0.2, 0.25) is 0 Å². The maximum atomic E-state index is 13.1. The molecule has 0 aliphatic carbocycles. The van der Waals surface area contributed by atoms with Gasteiger partial charge in [0.1, 0.15) is 5.82 Å². The van der Waals surface area contributed by atoms with E-state index < -0.39 is 5.82 Å². The van der Waals surface area contributed by atoms with Crippen LogP contribution in [0.15, 0.2) is 18.2 Å². The van der Waals surface area contributed by atoms with Crippen molar-refractivity contribution >= 4 is 18.0 Å². The third kappa shape index (κ3) is 2.03. The van der Waals surface area contributed by atoms with Crippen LogP contribution in [0, 0.1) is 5.82 Å². The Labute approximate surface area is 110 Å². The Bertz CT molecular complexity index is 535. The lowest BCUT2D eigenvalue weighted by Gasteiger charge is -2.38. The Hall–Kier alpha value is -2.11. The summed E-state index contributed by atoms with van der Waals surface area (Å²) in [6.45, 7) is 2.54. The number of hydrogen-bond acceptors (Lipinski definition) is 3. The third-order valence-electron chi connectivity index (χ3n) is 3.69. The fourth-order valence-electron chi connectivity index (χ4n) is 2.73. The van der Waals surface area contributed by atoms with E-state index in [-0.39, 0.29) is 12.1 Å². The van der Waals surface area contributed by atoms with Crippen LogP contribution in [0.5, 0.6) is 0 Å². The lowest BCUT2D eigenvalue weighted by Crippen LogP contribution is -2.52. The van der Waals surface area contributed by atoms with Crippen molar-refractivity contribution in [2.75, 3.05) is 31.1 Å². The first-order valence-electron chi connectivity index (χ1n) is 6.23. The van der Waals surface area contributed by atoms with E-state index in [2.05, 4.69) is 5.32 Å². The Morgan fingerprint density at radius 3 is 3.00 bits per heavy atom. The molecule has 1 N–H and O–H groups in total. The van der Waals surface area contributed by atoms with Crippen LogP contribution in [0.1, 0.15) is 10.4 Å². The van der Waals surface area contributed by atoms with Crippen molar-refractivity contribution in [3.63, 3.8) is 0 Å². The number of fused-ring (bicyclic) bond motifs is 1. The first kappa shape index (κ1) is 12.0. The molecule has 5 nitrogen and oxygen atoms in total. The molecule has 3 rings (SSSR count). The molecular formula is C13H14FN3O2. The van der Waals surface area contributed by atoms with E-state index in [1.165, 1.54) is 12.1 Å². The second kappa shape index (κ2) is 4.53. The number of carbonyl (C=O) groups excluding carboxylic acids is 2. The average molecular weight is 263 g/mol. The number of carbonyl (C=O) groups is 2. The second-order valence-electron chi connectivity index (χ2n) is 4.80. The minimum Gasteiger partial charge on any atom is -0.367 e. The minimum absolute atomic E-state index is 0.0284. The van der Waals surface area contributed by atoms with Crippen molar-refractivity contribution in [2.45, 2.75) is 6.04 Å². The Balaban J connectivity index is 1.84. The van der Waals surface area contributed by atoms with E-state index in [4.69, 9.17) is 0 Å². The van der Waals surface area contributed by atoms with Gasteiger partial charge in [-0.25, -0.2) is 9.18 Å². The van der Waals surface area contributed by atoms with Gasteiger partial charge in [-0.15, -0.1) is 0 Å². The smallest absolute Gasteiger partial charge is 0.317 e. The number of urea groups is 1. The Morgan fingerprint density at radius 1 is 1.37 bits per heavy atom. The highest BCUT2D eigenvalue weighted by atomic mass is 19.1. The number of aldehydes is 1. The van der Waals surface area contributed by atoms with E-state index in [0.717, 1.165) is 5.69 Å². The van der Waals surface area contributed by atoms with Crippen LogP contribution in [-0.2, 0) is 0 Å². The molecule has 0 saturated carbocycles. The molecule has 6 heteroatoms. The maximum Gasteiger partial charge on any atom is 0.317 e. The molecular weight excluding hydrogens is 249 g/mol. The summed E-state index contributed by atoms with van der Waals surface area (Å²) in [5.74, 6) is -0.415. The summed E-state index contributed by atoms with van der Waals surface area (Å²) >= 11 is 0. The predicted molar refractivity (Wildman–Crippen MR) is 67.9 cm³/mol. The van der Waals surface area contributed by atoms with Crippen LogP contribution >= 0.6 is 0 Å². The summed E-state index contributed by atoms with van der Waals surface area (Å²) < 4.78 is 13.1. The van der Waals surface area contributed by atoms with E-state index in [1.807, 2.05) is 4.90 Å². The number of hydrogen-bond donors (Lipinski definition) is 1. The molecule has 0 spiro atoms. The molecule has 2 fully saturated rings. The highest BCUT2D eigenvalue weighted by molar-refractivity contribution is 5.85. The lowest BCUT2D eigenvalue weighted by molar-refractivity contribution is 0.112. The summed E-state index contributed by atoms with van der Waals surface area (Å²) in [4.78, 5) is 26.4. The molecule has 2 aliphatic heterocycles. The molecule has 1 aromatic carbocycles. The van der Waals surface area contributed by atoms with Gasteiger partial charge in [-0.3, -0.25) is 4.79 Å². The quantitative estimate of drug-likeness (QED) is 0.805. The van der Waals surface area contributed by atoms with Gasteiger partial charge in [-0.2, -0.15) is 0 Å². The van der Waals surface area contributed by atoms with Crippen LogP contribution in [0.3, 0.4) is 0 Å². The van der Waals surface area contributed by atoms with Crippen LogP contribution in [0.2, 0.25) is 0 Å². The highest BCUT2D eigenvalue weighted by Gasteiger charge is 2.35. The fraction of sp³-hybridized carbons (Fsp3) is 0.385. The van der Waals surface area contributed by atoms with Crippen molar-refractivity contribution in [3.05, 3.63) is 29.6 Å². The summed E-state index contributed by atoms with van der Waals surface area (Å²) in [5.41, 5.74) is 1.08. The Kier molecular flexibility index (Phi) is 2.85. The molecule has 0 radical (unpaired) electrons. The zero-order chi connectivity index (χ0) is 13.4. The molecule has 1 aromatic rings. The van der Waals surface area contributed by atoms with Crippen molar-refractivity contribution in [1.29, 1.82) is 0 Å². The number of benzene rings is 1. The zero-order valence-corrected chi connectivity index (χ0v) is 10.3. The van der Waals surface area contributed by atoms with E-state index in [0.29, 0.717) is 38.0 Å². The lowest BCUT2D eigenvalue weighted by atomic mass is 10.1. The van der Waals surface area contributed by atoms with Gasteiger partial charge in [-0.1, -0.05) is 0 Å². The van der Waals surface area contributed by atoms with Gasteiger partial charge >= 0.3 is 6.03 Å². The van der Waals surface area contributed by atoms with Crippen LogP contribution in [0.4, 0.5) is 14.9 Å². The number of nitrogens with one attached hydrogen (secondary N) is 1. The standard InChI is InChI=1S/C13H14FN3O2/c14-10-1-2-12(9(5-10)8-18)16-3-4-17-11(7-16)6-15-13(17)19/h1-2,5,8,11H,3-4,6-7H2,(H,15,19). The SMILES string of the molecule is O=Cc1cc(F)ccc1N1CCN2C(=O)NCC2C1. The van der Waals surface area contributed by atoms with Crippen molar-refractivity contribution in [3.8, 4) is 0 Å². The summed E-state index contributed by atoms with van der Waals surface area (Å²) in [6, 6.07) is 4.31. The molecule has 0 aromatic heterocycles. The molecule has 2 heterocycles. The van der Waals surface area contributed by atoms with Gasteiger partial charge in [0.05, 0.1) is 6.04 Å². The van der Waals surface area contributed by atoms with Gasteiger partial charge in [0.15, 0.2) is 6.29 Å². The number of anilines is 1. The van der Waals surface area contributed by atoms with Gasteiger partial charge in [0, 0.05) is 37.4 Å². The minimum atomic E-state index is -0.415. The average Bonchev–Trinajstić information content (AvgIpc) is 2.79. The van der Waals surface area contributed by atoms with Crippen LogP contribution in [0.25, 0.3) is 0 Å². The first-order valence-corrected chi connectivity index (χ1v) is 6.23. The number of rotatable bonds is 2. The van der Waals surface area contributed by atoms with E-state index in [1.54, 1.807) is 11.0 Å². The van der Waals surface area contributed by atoms with Gasteiger partial charge in [-0.05, 0) is 18.2 Å². The molecule has 1 unspecified atom stereocenters. The normalized spacial score (nSPS) is 22.2. The van der Waals surface area contributed by atoms with Crippen molar-refractivity contribution < 1.29 is 14.0 Å². The maximum absolute atomic E-state index is 13.1. The zero-order valence-electron chi connectivity index (χ0n) is 10.3. The number of piperazine rings is 1. The highest BCUT2D eigenvalue weighted by Crippen LogP contribution is 2.24. The number of amides is 2. The van der Waals surface area contributed by atoms with Crippen LogP contribution in [-0.4, -0.2) is 49.4 Å². The fourth-order valence-corrected chi connectivity index (χ4v) is 2.73. The van der Waals surface area contributed by atoms with Gasteiger partial charge < -0.3 is 15.1 Å². The summed E-state index contributed by atoms with van der Waals surface area (Å²) in [6.07, 6.45) is 0.669. The molecule has 100 valence electrons. The monoisotopic (exact) mass is 263 g/mol. The number of nitrogens with zero attached hydrogens (tertiary/aromatic N) is 2. The van der Waals surface area contributed by atoms with E-state index in [9.17, 15) is 14.0 Å². The summed E-state index contributed by atoms with van der Waals surface area (Å²) in [5, 5.41) is 2.80.